The minimum Gasteiger partial charge on any atom is -0.495 e. The zero-order valence-corrected chi connectivity index (χ0v) is 19.6. The zero-order chi connectivity index (χ0) is 24.0. The van der Waals surface area contributed by atoms with Crippen molar-refractivity contribution in [3.05, 3.63) is 78.1 Å². The molecule has 0 unspecified atom stereocenters. The normalized spacial score (nSPS) is 14.0. The van der Waals surface area contributed by atoms with Crippen LogP contribution in [0.5, 0.6) is 17.2 Å². The fraction of sp³-hybridized carbons (Fsp3) is 0.280. The first kappa shape index (κ1) is 23.7. The molecule has 1 fully saturated rings. The lowest BCUT2D eigenvalue weighted by molar-refractivity contribution is 0.0470. The van der Waals surface area contributed by atoms with Crippen molar-refractivity contribution in [3.63, 3.8) is 0 Å². The van der Waals surface area contributed by atoms with Crippen LogP contribution in [0.25, 0.3) is 0 Å². The molecule has 9 heteroatoms. The van der Waals surface area contributed by atoms with E-state index in [-0.39, 0.29) is 28.9 Å². The number of esters is 1. The molecular formula is C25H26N2O6S. The molecular weight excluding hydrogens is 456 g/mol. The van der Waals surface area contributed by atoms with Gasteiger partial charge in [0.15, 0.2) is 0 Å². The lowest BCUT2D eigenvalue weighted by atomic mass is 10.2. The summed E-state index contributed by atoms with van der Waals surface area (Å²) in [6, 6.07) is 14.8. The van der Waals surface area contributed by atoms with Gasteiger partial charge in [-0.05, 0) is 49.2 Å². The molecule has 1 aliphatic carbocycles. The van der Waals surface area contributed by atoms with Gasteiger partial charge in [-0.3, -0.25) is 4.98 Å². The van der Waals surface area contributed by atoms with E-state index in [9.17, 15) is 13.2 Å². The number of sulfonamides is 1. The van der Waals surface area contributed by atoms with Crippen LogP contribution in [-0.4, -0.2) is 32.5 Å². The summed E-state index contributed by atoms with van der Waals surface area (Å²) in [6.45, 7) is -0.0519. The first-order chi connectivity index (χ1) is 16.5. The Hall–Kier alpha value is -3.43. The number of hydrogen-bond donors (Lipinski definition) is 1. The number of nitrogens with one attached hydrogen (secondary N) is 1. The topological polar surface area (TPSA) is 104 Å². The van der Waals surface area contributed by atoms with Crippen molar-refractivity contribution in [2.45, 2.75) is 43.2 Å². The second-order valence-corrected chi connectivity index (χ2v) is 9.63. The molecule has 4 rings (SSSR count). The summed E-state index contributed by atoms with van der Waals surface area (Å²) in [6.07, 6.45) is 6.80. The zero-order valence-electron chi connectivity index (χ0n) is 18.8. The molecule has 1 N–H and O–H groups in total. The van der Waals surface area contributed by atoms with Gasteiger partial charge in [-0.15, -0.1) is 0 Å². The lowest BCUT2D eigenvalue weighted by Crippen LogP contribution is -2.33. The number of ether oxygens (including phenoxy) is 3. The van der Waals surface area contributed by atoms with Crippen molar-refractivity contribution in [2.24, 2.45) is 0 Å². The first-order valence-corrected chi connectivity index (χ1v) is 12.5. The summed E-state index contributed by atoms with van der Waals surface area (Å²) in [5.41, 5.74) is 0.766. The molecule has 0 bridgehead atoms. The molecule has 178 valence electrons. The third kappa shape index (κ3) is 5.73. The predicted molar refractivity (Wildman–Crippen MR) is 125 cm³/mol. The van der Waals surface area contributed by atoms with Crippen LogP contribution in [0.15, 0.2) is 71.9 Å². The minimum absolute atomic E-state index is 0.0519. The molecule has 3 aromatic rings. The van der Waals surface area contributed by atoms with E-state index in [4.69, 9.17) is 14.2 Å². The molecule has 0 amide bonds. The molecule has 34 heavy (non-hydrogen) atoms. The van der Waals surface area contributed by atoms with Gasteiger partial charge in [0, 0.05) is 17.8 Å². The van der Waals surface area contributed by atoms with E-state index in [0.717, 1.165) is 25.7 Å². The third-order valence-electron chi connectivity index (χ3n) is 5.56. The highest BCUT2D eigenvalue weighted by atomic mass is 32.2. The highest BCUT2D eigenvalue weighted by Gasteiger charge is 2.27. The van der Waals surface area contributed by atoms with E-state index in [1.807, 2.05) is 12.1 Å². The van der Waals surface area contributed by atoms with Gasteiger partial charge >= 0.3 is 5.97 Å². The average Bonchev–Trinajstić information content (AvgIpc) is 3.36. The Labute approximate surface area is 198 Å². The standard InChI is InChI=1S/C25H26N2O6S/c1-31-23-13-12-18(15-24(23)34(29,30)27-20-8-3-4-9-20)25(28)32-17-19-7-2-5-11-22(19)33-21-10-6-14-26-16-21/h2,5-7,10-16,20,27H,3-4,8-9,17H2,1H3. The molecule has 2 aromatic carbocycles. The van der Waals surface area contributed by atoms with Crippen molar-refractivity contribution in [1.29, 1.82) is 0 Å². The summed E-state index contributed by atoms with van der Waals surface area (Å²) in [7, 11) is -2.47. The fourth-order valence-electron chi connectivity index (χ4n) is 3.82. The van der Waals surface area contributed by atoms with Crippen LogP contribution in [0.1, 0.15) is 41.6 Å². The van der Waals surface area contributed by atoms with Gasteiger partial charge in [-0.1, -0.05) is 31.0 Å². The van der Waals surface area contributed by atoms with Gasteiger partial charge in [-0.2, -0.15) is 0 Å². The highest BCUT2D eigenvalue weighted by molar-refractivity contribution is 7.89. The van der Waals surface area contributed by atoms with Gasteiger partial charge < -0.3 is 14.2 Å². The maximum atomic E-state index is 13.0. The van der Waals surface area contributed by atoms with Gasteiger partial charge in [0.2, 0.25) is 10.0 Å². The molecule has 8 nitrogen and oxygen atoms in total. The largest absolute Gasteiger partial charge is 0.495 e. The number of nitrogens with zero attached hydrogens (tertiary/aromatic N) is 1. The van der Waals surface area contributed by atoms with Crippen LogP contribution < -0.4 is 14.2 Å². The van der Waals surface area contributed by atoms with Crippen molar-refractivity contribution >= 4 is 16.0 Å². The maximum Gasteiger partial charge on any atom is 0.338 e. The van der Waals surface area contributed by atoms with Crippen LogP contribution in [0.4, 0.5) is 0 Å². The number of rotatable bonds is 9. The van der Waals surface area contributed by atoms with E-state index in [0.29, 0.717) is 17.1 Å². The van der Waals surface area contributed by atoms with Crippen LogP contribution in [-0.2, 0) is 21.4 Å². The average molecular weight is 483 g/mol. The molecule has 0 radical (unpaired) electrons. The summed E-state index contributed by atoms with van der Waals surface area (Å²) in [4.78, 5) is 16.7. The summed E-state index contributed by atoms with van der Waals surface area (Å²) >= 11 is 0. The molecule has 0 saturated heterocycles. The number of carbonyl (C=O) groups excluding carboxylic acids is 1. The molecule has 1 aromatic heterocycles. The lowest BCUT2D eigenvalue weighted by Gasteiger charge is -2.16. The van der Waals surface area contributed by atoms with Crippen LogP contribution in [0, 0.1) is 0 Å². The SMILES string of the molecule is COc1ccc(C(=O)OCc2ccccc2Oc2cccnc2)cc1S(=O)(=O)NC1CCCC1. The van der Waals surface area contributed by atoms with E-state index >= 15 is 0 Å². The van der Waals surface area contributed by atoms with Gasteiger partial charge in [0.05, 0.1) is 18.9 Å². The molecule has 1 saturated carbocycles. The minimum atomic E-state index is -3.86. The number of aromatic nitrogens is 1. The Bertz CT molecular complexity index is 1240. The Morgan fingerprint density at radius 1 is 1.06 bits per heavy atom. The fourth-order valence-corrected chi connectivity index (χ4v) is 5.32. The monoisotopic (exact) mass is 482 g/mol. The quantitative estimate of drug-likeness (QED) is 0.449. The summed E-state index contributed by atoms with van der Waals surface area (Å²) in [5.74, 6) is 0.594. The number of hydrogen-bond acceptors (Lipinski definition) is 7. The van der Waals surface area contributed by atoms with E-state index in [1.165, 1.54) is 25.3 Å². The maximum absolute atomic E-state index is 13.0. The van der Waals surface area contributed by atoms with Crippen LogP contribution >= 0.6 is 0 Å². The van der Waals surface area contributed by atoms with Gasteiger partial charge in [-0.25, -0.2) is 17.9 Å². The van der Waals surface area contributed by atoms with Crippen molar-refractivity contribution in [3.8, 4) is 17.2 Å². The first-order valence-electron chi connectivity index (χ1n) is 11.0. The second-order valence-electron chi connectivity index (χ2n) is 7.94. The number of pyridine rings is 1. The number of methoxy groups -OCH3 is 1. The summed E-state index contributed by atoms with van der Waals surface area (Å²) < 4.78 is 45.2. The molecule has 0 aliphatic heterocycles. The third-order valence-corrected chi connectivity index (χ3v) is 7.10. The second kappa shape index (κ2) is 10.7. The van der Waals surface area contributed by atoms with E-state index in [1.54, 1.807) is 36.7 Å². The molecule has 1 heterocycles. The predicted octanol–water partition coefficient (Wildman–Crippen LogP) is 4.46. The van der Waals surface area contributed by atoms with Crippen molar-refractivity contribution in [1.82, 2.24) is 9.71 Å². The number of benzene rings is 2. The molecule has 0 atom stereocenters. The van der Waals surface area contributed by atoms with Gasteiger partial charge in [0.25, 0.3) is 0 Å². The Balaban J connectivity index is 1.49. The number of carbonyl (C=O) groups is 1. The molecule has 1 aliphatic rings. The van der Waals surface area contributed by atoms with Crippen LogP contribution in [0.2, 0.25) is 0 Å². The van der Waals surface area contributed by atoms with Crippen molar-refractivity contribution < 1.29 is 27.4 Å². The summed E-state index contributed by atoms with van der Waals surface area (Å²) in [5, 5.41) is 0. The number of para-hydroxylation sites is 1. The Morgan fingerprint density at radius 3 is 2.59 bits per heavy atom. The highest BCUT2D eigenvalue weighted by Crippen LogP contribution is 2.29. The van der Waals surface area contributed by atoms with Crippen molar-refractivity contribution in [2.75, 3.05) is 7.11 Å². The Morgan fingerprint density at radius 2 is 1.85 bits per heavy atom. The van der Waals surface area contributed by atoms with Crippen LogP contribution in [0.3, 0.4) is 0 Å². The van der Waals surface area contributed by atoms with Gasteiger partial charge in [0.1, 0.15) is 28.8 Å². The van der Waals surface area contributed by atoms with E-state index < -0.39 is 16.0 Å². The molecule has 0 spiro atoms. The smallest absolute Gasteiger partial charge is 0.338 e. The Kier molecular flexibility index (Phi) is 7.44. The van der Waals surface area contributed by atoms with E-state index in [2.05, 4.69) is 9.71 Å².